The van der Waals surface area contributed by atoms with Crippen molar-refractivity contribution in [1.82, 2.24) is 16.0 Å². The lowest BCUT2D eigenvalue weighted by atomic mass is 10.0. The van der Waals surface area contributed by atoms with E-state index in [0.717, 1.165) is 24.3 Å². The van der Waals surface area contributed by atoms with Crippen LogP contribution < -0.4 is 20.7 Å². The molecule has 1 unspecified atom stereocenters. The number of carbonyl (C=O) groups is 1. The molecule has 0 aliphatic carbocycles. The summed E-state index contributed by atoms with van der Waals surface area (Å²) in [6.45, 7) is 4.29. The van der Waals surface area contributed by atoms with Gasteiger partial charge in [-0.2, -0.15) is 0 Å². The van der Waals surface area contributed by atoms with Crippen molar-refractivity contribution in [3.05, 3.63) is 59.7 Å². The zero-order valence-electron chi connectivity index (χ0n) is 16.4. The molecule has 7 nitrogen and oxygen atoms in total. The van der Waals surface area contributed by atoms with Gasteiger partial charge < -0.3 is 25.8 Å². The summed E-state index contributed by atoms with van der Waals surface area (Å²) >= 11 is 0. The second kappa shape index (κ2) is 11.5. The number of para-hydroxylation sites is 1. The predicted octanol–water partition coefficient (Wildman–Crippen LogP) is 2.82. The molecule has 0 fully saturated rings. The van der Waals surface area contributed by atoms with Gasteiger partial charge in [-0.1, -0.05) is 18.2 Å². The number of aromatic hydroxyl groups is 1. The molecule has 8 heteroatoms. The quantitative estimate of drug-likeness (QED) is 0.208. The summed E-state index contributed by atoms with van der Waals surface area (Å²) in [5.74, 6) is 1.56. The fraction of sp³-hybridized carbons (Fsp3) is 0.333. The zero-order valence-corrected chi connectivity index (χ0v) is 18.7. The zero-order chi connectivity index (χ0) is 19.8. The van der Waals surface area contributed by atoms with E-state index in [-0.39, 0.29) is 41.7 Å². The van der Waals surface area contributed by atoms with E-state index >= 15 is 0 Å². The molecule has 0 spiro atoms. The Labute approximate surface area is 188 Å². The first-order valence-corrected chi connectivity index (χ1v) is 9.51. The van der Waals surface area contributed by atoms with Gasteiger partial charge in [0.15, 0.2) is 5.96 Å². The lowest BCUT2D eigenvalue weighted by Gasteiger charge is -2.28. The lowest BCUT2D eigenvalue weighted by molar-refractivity contribution is 0.0955. The summed E-state index contributed by atoms with van der Waals surface area (Å²) in [6.07, 6.45) is 0.860. The van der Waals surface area contributed by atoms with Crippen LogP contribution in [0.2, 0.25) is 0 Å². The Hall–Kier alpha value is -2.49. The van der Waals surface area contributed by atoms with E-state index < -0.39 is 0 Å². The number of benzene rings is 2. The van der Waals surface area contributed by atoms with Crippen molar-refractivity contribution in [2.45, 2.75) is 19.4 Å². The van der Waals surface area contributed by atoms with Crippen LogP contribution in [-0.2, 0) is 0 Å². The number of rotatable bonds is 6. The van der Waals surface area contributed by atoms with Crippen LogP contribution in [0, 0.1) is 0 Å². The van der Waals surface area contributed by atoms with Crippen LogP contribution >= 0.6 is 24.0 Å². The third-order valence-corrected chi connectivity index (χ3v) is 4.41. The molecule has 4 N–H and O–H groups in total. The van der Waals surface area contributed by atoms with Gasteiger partial charge in [0.05, 0.1) is 19.2 Å². The van der Waals surface area contributed by atoms with Crippen LogP contribution in [0.15, 0.2) is 53.5 Å². The molecule has 0 radical (unpaired) electrons. The van der Waals surface area contributed by atoms with Crippen molar-refractivity contribution in [1.29, 1.82) is 0 Å². The van der Waals surface area contributed by atoms with E-state index in [1.165, 1.54) is 12.1 Å². The summed E-state index contributed by atoms with van der Waals surface area (Å²) < 4.78 is 5.71. The monoisotopic (exact) mass is 510 g/mol. The fourth-order valence-corrected chi connectivity index (χ4v) is 3.03. The van der Waals surface area contributed by atoms with Gasteiger partial charge in [-0.15, -0.1) is 24.0 Å². The van der Waals surface area contributed by atoms with Crippen molar-refractivity contribution in [3.63, 3.8) is 0 Å². The van der Waals surface area contributed by atoms with Gasteiger partial charge in [0, 0.05) is 30.6 Å². The average molecular weight is 510 g/mol. The molecule has 156 valence electrons. The maximum Gasteiger partial charge on any atom is 0.251 e. The third kappa shape index (κ3) is 6.52. The highest BCUT2D eigenvalue weighted by molar-refractivity contribution is 14.0. The molecule has 1 heterocycles. The van der Waals surface area contributed by atoms with Crippen LogP contribution in [0.4, 0.5) is 0 Å². The van der Waals surface area contributed by atoms with Crippen LogP contribution in [0.5, 0.6) is 11.5 Å². The number of ether oxygens (including phenoxy) is 1. The highest BCUT2D eigenvalue weighted by Gasteiger charge is 2.21. The topological polar surface area (TPSA) is 95.0 Å². The average Bonchev–Trinajstić information content (AvgIpc) is 2.72. The van der Waals surface area contributed by atoms with E-state index in [4.69, 9.17) is 4.74 Å². The highest BCUT2D eigenvalue weighted by atomic mass is 127. The van der Waals surface area contributed by atoms with E-state index in [1.807, 2.05) is 25.1 Å². The molecule has 1 amide bonds. The van der Waals surface area contributed by atoms with Crippen molar-refractivity contribution in [3.8, 4) is 11.5 Å². The molecular formula is C21H27IN4O3. The molecule has 0 bridgehead atoms. The minimum atomic E-state index is -0.188. The van der Waals surface area contributed by atoms with Crippen LogP contribution in [0.25, 0.3) is 0 Å². The first-order chi connectivity index (χ1) is 13.7. The van der Waals surface area contributed by atoms with Gasteiger partial charge in [-0.25, -0.2) is 0 Å². The van der Waals surface area contributed by atoms with Gasteiger partial charge in [-0.3, -0.25) is 9.79 Å². The summed E-state index contributed by atoms with van der Waals surface area (Å²) in [5, 5.41) is 18.8. The maximum atomic E-state index is 12.1. The van der Waals surface area contributed by atoms with E-state index in [9.17, 15) is 9.90 Å². The second-order valence-corrected chi connectivity index (χ2v) is 6.44. The second-order valence-electron chi connectivity index (χ2n) is 6.44. The molecule has 29 heavy (non-hydrogen) atoms. The summed E-state index contributed by atoms with van der Waals surface area (Å²) in [5.41, 5.74) is 1.63. The molecule has 2 aromatic rings. The SMILES string of the molecule is CCNC(=NCCNC(=O)c1ccc(O)cc1)NC1CCOc2ccccc21.I. The molecule has 2 aromatic carbocycles. The maximum absolute atomic E-state index is 12.1. The fourth-order valence-electron chi connectivity index (χ4n) is 3.03. The van der Waals surface area contributed by atoms with Crippen molar-refractivity contribution < 1.29 is 14.6 Å². The standard InChI is InChI=1S/C21H26N4O3.HI/c1-2-22-21(25-18-11-14-28-19-6-4-3-5-17(18)19)24-13-12-23-20(27)15-7-9-16(26)10-8-15;/h3-10,18,26H,2,11-14H2,1H3,(H,23,27)(H2,22,24,25);1H. The lowest BCUT2D eigenvalue weighted by Crippen LogP contribution is -2.41. The number of hydrogen-bond donors (Lipinski definition) is 4. The Kier molecular flexibility index (Phi) is 9.04. The summed E-state index contributed by atoms with van der Waals surface area (Å²) in [7, 11) is 0. The number of guanidine groups is 1. The molecule has 0 aromatic heterocycles. The van der Waals surface area contributed by atoms with Gasteiger partial charge in [-0.05, 0) is 37.3 Å². The Morgan fingerprint density at radius 3 is 2.69 bits per heavy atom. The van der Waals surface area contributed by atoms with Crippen molar-refractivity contribution in [2.75, 3.05) is 26.2 Å². The van der Waals surface area contributed by atoms with Crippen LogP contribution in [-0.4, -0.2) is 43.2 Å². The minimum absolute atomic E-state index is 0. The van der Waals surface area contributed by atoms with Gasteiger partial charge in [0.25, 0.3) is 5.91 Å². The normalized spacial score (nSPS) is 15.3. The molecule has 1 aliphatic heterocycles. The van der Waals surface area contributed by atoms with E-state index in [0.29, 0.717) is 31.2 Å². The van der Waals surface area contributed by atoms with Gasteiger partial charge in [0.2, 0.25) is 0 Å². The Morgan fingerprint density at radius 2 is 1.93 bits per heavy atom. The molecule has 3 rings (SSSR count). The number of carbonyl (C=O) groups excluding carboxylic acids is 1. The largest absolute Gasteiger partial charge is 0.508 e. The molecule has 1 atom stereocenters. The Balaban J connectivity index is 0.00000300. The van der Waals surface area contributed by atoms with E-state index in [1.54, 1.807) is 12.1 Å². The first kappa shape index (κ1) is 22.8. The number of fused-ring (bicyclic) bond motifs is 1. The third-order valence-electron chi connectivity index (χ3n) is 4.41. The van der Waals surface area contributed by atoms with Crippen molar-refractivity contribution in [2.24, 2.45) is 4.99 Å². The van der Waals surface area contributed by atoms with E-state index in [2.05, 4.69) is 27.0 Å². The molecule has 1 aliphatic rings. The van der Waals surface area contributed by atoms with Gasteiger partial charge in [0.1, 0.15) is 11.5 Å². The number of nitrogens with one attached hydrogen (secondary N) is 3. The van der Waals surface area contributed by atoms with Gasteiger partial charge >= 0.3 is 0 Å². The molecular weight excluding hydrogens is 483 g/mol. The number of amides is 1. The smallest absolute Gasteiger partial charge is 0.251 e. The van der Waals surface area contributed by atoms with Crippen molar-refractivity contribution >= 4 is 35.8 Å². The number of phenols is 1. The number of phenolic OH excluding ortho intramolecular Hbond substituents is 1. The highest BCUT2D eigenvalue weighted by Crippen LogP contribution is 2.31. The molecule has 0 saturated carbocycles. The predicted molar refractivity (Wildman–Crippen MR) is 124 cm³/mol. The number of aliphatic imine (C=N–C) groups is 1. The Bertz CT molecular complexity index is 827. The van der Waals surface area contributed by atoms with Crippen LogP contribution in [0.3, 0.4) is 0 Å². The number of nitrogens with zero attached hydrogens (tertiary/aromatic N) is 1. The summed E-state index contributed by atoms with van der Waals surface area (Å²) in [6, 6.07) is 14.3. The number of hydrogen-bond acceptors (Lipinski definition) is 4. The molecule has 0 saturated heterocycles. The Morgan fingerprint density at radius 1 is 1.17 bits per heavy atom. The van der Waals surface area contributed by atoms with Crippen LogP contribution in [0.1, 0.15) is 35.3 Å². The minimum Gasteiger partial charge on any atom is -0.508 e. The first-order valence-electron chi connectivity index (χ1n) is 9.51. The number of halogens is 1. The summed E-state index contributed by atoms with van der Waals surface area (Å²) in [4.78, 5) is 16.7.